The number of halogens is 1. The molecule has 0 amide bonds. The van der Waals surface area contributed by atoms with Gasteiger partial charge in [-0.1, -0.05) is 23.7 Å². The van der Waals surface area contributed by atoms with Gasteiger partial charge < -0.3 is 19.7 Å². The average molecular weight is 354 g/mol. The number of nitrogens with one attached hydrogen (secondary N) is 1. The van der Waals surface area contributed by atoms with Crippen molar-refractivity contribution in [2.24, 2.45) is 10.9 Å². The third kappa shape index (κ3) is 5.65. The van der Waals surface area contributed by atoms with Crippen molar-refractivity contribution in [3.63, 3.8) is 0 Å². The summed E-state index contributed by atoms with van der Waals surface area (Å²) in [7, 11) is 3.77. The Morgan fingerprint density at radius 2 is 2.38 bits per heavy atom. The zero-order valence-corrected chi connectivity index (χ0v) is 15.6. The molecule has 1 aromatic carbocycles. The van der Waals surface area contributed by atoms with E-state index in [4.69, 9.17) is 26.1 Å². The first-order chi connectivity index (χ1) is 11.6. The molecular weight excluding hydrogens is 326 g/mol. The van der Waals surface area contributed by atoms with Crippen molar-refractivity contribution < 1.29 is 9.47 Å². The lowest BCUT2D eigenvalue weighted by Gasteiger charge is -2.25. The highest BCUT2D eigenvalue weighted by molar-refractivity contribution is 6.30. The van der Waals surface area contributed by atoms with Crippen LogP contribution in [0.5, 0.6) is 0 Å². The Morgan fingerprint density at radius 3 is 3.00 bits per heavy atom. The zero-order valence-electron chi connectivity index (χ0n) is 14.8. The maximum atomic E-state index is 6.08. The molecule has 0 aromatic heterocycles. The van der Waals surface area contributed by atoms with Crippen LogP contribution in [0, 0.1) is 5.92 Å². The first kappa shape index (κ1) is 19.0. The van der Waals surface area contributed by atoms with Crippen molar-refractivity contribution >= 4 is 17.6 Å². The molecule has 1 saturated heterocycles. The van der Waals surface area contributed by atoms with Gasteiger partial charge in [0.05, 0.1) is 13.2 Å². The molecule has 24 heavy (non-hydrogen) atoms. The van der Waals surface area contributed by atoms with E-state index in [1.807, 2.05) is 24.3 Å². The maximum absolute atomic E-state index is 6.08. The summed E-state index contributed by atoms with van der Waals surface area (Å²) in [5, 5.41) is 4.06. The third-order valence-corrected chi connectivity index (χ3v) is 4.40. The van der Waals surface area contributed by atoms with Crippen molar-refractivity contribution in [3.05, 3.63) is 34.9 Å². The Kier molecular flexibility index (Phi) is 7.82. The molecule has 1 aliphatic rings. The van der Waals surface area contributed by atoms with Crippen LogP contribution < -0.4 is 5.32 Å². The van der Waals surface area contributed by atoms with Gasteiger partial charge in [0.2, 0.25) is 0 Å². The number of hydrogen-bond acceptors (Lipinski definition) is 3. The quantitative estimate of drug-likeness (QED) is 0.604. The normalized spacial score (nSPS) is 19.3. The number of rotatable bonds is 7. The summed E-state index contributed by atoms with van der Waals surface area (Å²) in [6, 6.07) is 7.74. The van der Waals surface area contributed by atoms with Gasteiger partial charge in [0.25, 0.3) is 0 Å². The third-order valence-electron chi connectivity index (χ3n) is 4.16. The van der Waals surface area contributed by atoms with E-state index in [-0.39, 0.29) is 6.10 Å². The molecule has 1 aromatic rings. The van der Waals surface area contributed by atoms with Gasteiger partial charge in [-0.2, -0.15) is 0 Å². The van der Waals surface area contributed by atoms with Crippen LogP contribution in [0.1, 0.15) is 25.0 Å². The second-order valence-corrected chi connectivity index (χ2v) is 6.52. The minimum absolute atomic E-state index is 0.111. The second kappa shape index (κ2) is 9.87. The van der Waals surface area contributed by atoms with E-state index in [1.165, 1.54) is 0 Å². The maximum Gasteiger partial charge on any atom is 0.193 e. The van der Waals surface area contributed by atoms with Gasteiger partial charge in [0.1, 0.15) is 6.10 Å². The molecule has 0 aliphatic carbocycles. The highest BCUT2D eigenvalue weighted by atomic mass is 35.5. The first-order valence-corrected chi connectivity index (χ1v) is 8.87. The van der Waals surface area contributed by atoms with Crippen LogP contribution in [0.15, 0.2) is 29.3 Å². The molecule has 0 saturated carbocycles. The van der Waals surface area contributed by atoms with Crippen LogP contribution in [0.25, 0.3) is 0 Å². The minimum Gasteiger partial charge on any atom is -0.381 e. The number of methoxy groups -OCH3 is 1. The van der Waals surface area contributed by atoms with Crippen molar-refractivity contribution in [3.8, 4) is 0 Å². The van der Waals surface area contributed by atoms with E-state index in [0.717, 1.165) is 44.2 Å². The smallest absolute Gasteiger partial charge is 0.193 e. The van der Waals surface area contributed by atoms with Gasteiger partial charge in [-0.25, -0.2) is 0 Å². The number of nitrogens with zero attached hydrogens (tertiary/aromatic N) is 2. The summed E-state index contributed by atoms with van der Waals surface area (Å²) < 4.78 is 11.1. The lowest BCUT2D eigenvalue weighted by atomic mass is 10.1. The van der Waals surface area contributed by atoms with Crippen molar-refractivity contribution in [2.75, 3.05) is 47.0 Å². The van der Waals surface area contributed by atoms with Crippen LogP contribution in [0.4, 0.5) is 0 Å². The van der Waals surface area contributed by atoms with Crippen LogP contribution >= 0.6 is 11.6 Å². The number of benzene rings is 1. The molecule has 0 spiro atoms. The Bertz CT molecular complexity index is 533. The first-order valence-electron chi connectivity index (χ1n) is 8.49. The van der Waals surface area contributed by atoms with E-state index in [2.05, 4.69) is 24.2 Å². The second-order valence-electron chi connectivity index (χ2n) is 6.08. The van der Waals surface area contributed by atoms with Gasteiger partial charge in [-0.05, 0) is 31.0 Å². The molecule has 134 valence electrons. The lowest BCUT2D eigenvalue weighted by Crippen LogP contribution is -2.41. The summed E-state index contributed by atoms with van der Waals surface area (Å²) in [5.74, 6) is 1.47. The van der Waals surface area contributed by atoms with E-state index < -0.39 is 0 Å². The van der Waals surface area contributed by atoms with E-state index in [9.17, 15) is 0 Å². The van der Waals surface area contributed by atoms with Crippen molar-refractivity contribution in [1.82, 2.24) is 10.2 Å². The predicted molar refractivity (Wildman–Crippen MR) is 98.7 cm³/mol. The number of guanidine groups is 1. The molecule has 0 bridgehead atoms. The molecule has 1 aliphatic heterocycles. The highest BCUT2D eigenvalue weighted by Crippen LogP contribution is 2.21. The molecular formula is C18H28ClN3O2. The van der Waals surface area contributed by atoms with Gasteiger partial charge >= 0.3 is 0 Å². The molecule has 1 fully saturated rings. The van der Waals surface area contributed by atoms with Crippen LogP contribution in [-0.4, -0.2) is 57.9 Å². The molecule has 1 N–H and O–H groups in total. The zero-order chi connectivity index (χ0) is 17.4. The summed E-state index contributed by atoms with van der Waals surface area (Å²) in [6.07, 6.45) is 1.01. The van der Waals surface area contributed by atoms with Gasteiger partial charge in [0, 0.05) is 44.8 Å². The Morgan fingerprint density at radius 1 is 1.54 bits per heavy atom. The number of hydrogen-bond donors (Lipinski definition) is 1. The van der Waals surface area contributed by atoms with Crippen molar-refractivity contribution in [2.45, 2.75) is 19.4 Å². The summed E-state index contributed by atoms with van der Waals surface area (Å²) in [6.45, 7) is 6.11. The number of aliphatic imine (C=N–C) groups is 1. The molecule has 2 unspecified atom stereocenters. The Hall–Kier alpha value is -1.30. The fraction of sp³-hybridized carbons (Fsp3) is 0.611. The van der Waals surface area contributed by atoms with Gasteiger partial charge in [0.15, 0.2) is 5.96 Å². The summed E-state index contributed by atoms with van der Waals surface area (Å²) in [5.41, 5.74) is 1.04. The fourth-order valence-electron chi connectivity index (χ4n) is 2.86. The SMILES string of the molecule is CCNC(=NCC(OC)c1cccc(Cl)c1)N(C)CC1CCOC1. The van der Waals surface area contributed by atoms with E-state index in [1.54, 1.807) is 7.11 Å². The van der Waals surface area contributed by atoms with Crippen LogP contribution in [0.2, 0.25) is 5.02 Å². The van der Waals surface area contributed by atoms with Crippen LogP contribution in [-0.2, 0) is 9.47 Å². The predicted octanol–water partition coefficient (Wildman–Crippen LogP) is 2.96. The standard InChI is InChI=1S/C18H28ClN3O2/c1-4-20-18(22(2)12-14-8-9-24-13-14)21-11-17(23-3)15-6-5-7-16(19)10-15/h5-7,10,14,17H,4,8-9,11-13H2,1-3H3,(H,20,21). The molecule has 6 heteroatoms. The van der Waals surface area contributed by atoms with Crippen LogP contribution in [0.3, 0.4) is 0 Å². The summed E-state index contributed by atoms with van der Waals surface area (Å²) in [4.78, 5) is 6.93. The monoisotopic (exact) mass is 353 g/mol. The van der Waals surface area contributed by atoms with E-state index in [0.29, 0.717) is 17.5 Å². The fourth-order valence-corrected chi connectivity index (χ4v) is 3.06. The Labute approximate surface area is 150 Å². The number of ether oxygens (including phenoxy) is 2. The average Bonchev–Trinajstić information content (AvgIpc) is 3.07. The highest BCUT2D eigenvalue weighted by Gasteiger charge is 2.19. The van der Waals surface area contributed by atoms with Gasteiger partial charge in [-0.3, -0.25) is 4.99 Å². The van der Waals surface area contributed by atoms with E-state index >= 15 is 0 Å². The largest absolute Gasteiger partial charge is 0.381 e. The van der Waals surface area contributed by atoms with Crippen molar-refractivity contribution in [1.29, 1.82) is 0 Å². The summed E-state index contributed by atoms with van der Waals surface area (Å²) >= 11 is 6.08. The molecule has 2 rings (SSSR count). The van der Waals surface area contributed by atoms with Gasteiger partial charge in [-0.15, -0.1) is 0 Å². The minimum atomic E-state index is -0.111. The Balaban J connectivity index is 2.02. The molecule has 2 atom stereocenters. The molecule has 5 nitrogen and oxygen atoms in total. The lowest BCUT2D eigenvalue weighted by molar-refractivity contribution is 0.110. The topological polar surface area (TPSA) is 46.1 Å². The molecule has 1 heterocycles. The molecule has 0 radical (unpaired) electrons.